The van der Waals surface area contributed by atoms with E-state index < -0.39 is 0 Å². The monoisotopic (exact) mass is 433 g/mol. The smallest absolute Gasteiger partial charge is 0.238 e. The largest absolute Gasteiger partial charge is 0.485 e. The Kier molecular flexibility index (Phi) is 4.12. The number of carbonyl (C=O) groups excluding carboxylic acids is 3. The zero-order chi connectivity index (χ0) is 21.3. The van der Waals surface area contributed by atoms with Crippen LogP contribution in [-0.2, 0) is 9.59 Å². The van der Waals surface area contributed by atoms with Crippen molar-refractivity contribution in [1.29, 1.82) is 0 Å². The number of hydrogen-bond acceptors (Lipinski definition) is 4. The standard InChI is InChI=1S/C25H20ClNO4/c26-14-3-1-13(2-4-14)21(28)12-31-16-7-5-15(6-8-16)27-24(29)22-17-9-10-18(20-11-19(17)20)23(22)25(27)30/h1-10,17-20,22-23H,11-12H2/t17-,18+,19-,20-,22+,23+/m1/s1. The van der Waals surface area contributed by atoms with E-state index in [2.05, 4.69) is 12.2 Å². The Balaban J connectivity index is 1.16. The van der Waals surface area contributed by atoms with E-state index in [4.69, 9.17) is 16.3 Å². The summed E-state index contributed by atoms with van der Waals surface area (Å²) < 4.78 is 5.60. The highest BCUT2D eigenvalue weighted by atomic mass is 35.5. The second kappa shape index (κ2) is 6.79. The number of allylic oxidation sites excluding steroid dienone is 2. The van der Waals surface area contributed by atoms with Gasteiger partial charge in [-0.05, 0) is 78.6 Å². The fourth-order valence-corrected chi connectivity index (χ4v) is 5.90. The third-order valence-corrected chi connectivity index (χ3v) is 7.55. The number of Topliss-reactive ketones (excluding diaryl/α,β-unsaturated/α-hetero) is 1. The van der Waals surface area contributed by atoms with Crippen LogP contribution in [0.25, 0.3) is 0 Å². The van der Waals surface area contributed by atoms with Gasteiger partial charge in [0.25, 0.3) is 0 Å². The SMILES string of the molecule is O=C(COc1ccc(N2C(=O)[C@H]3[C@@H]4C=C[C@@H]([C@H]5C[C@H]45)[C@@H]3C2=O)cc1)c1ccc(Cl)cc1. The maximum Gasteiger partial charge on any atom is 0.238 e. The van der Waals surface area contributed by atoms with Gasteiger partial charge in [0.15, 0.2) is 12.4 Å². The molecule has 156 valence electrons. The molecule has 4 aliphatic carbocycles. The quantitative estimate of drug-likeness (QED) is 0.403. The van der Waals surface area contributed by atoms with Gasteiger partial charge in [0.05, 0.1) is 17.5 Å². The van der Waals surface area contributed by atoms with Crippen LogP contribution < -0.4 is 9.64 Å². The van der Waals surface area contributed by atoms with Crippen molar-refractivity contribution in [3.63, 3.8) is 0 Å². The molecule has 0 aromatic heterocycles. The number of hydrogen-bond donors (Lipinski definition) is 0. The second-order valence-corrected chi connectivity index (χ2v) is 9.32. The van der Waals surface area contributed by atoms with Gasteiger partial charge in [0.2, 0.25) is 11.8 Å². The molecular weight excluding hydrogens is 414 g/mol. The Bertz CT molecular complexity index is 1090. The van der Waals surface area contributed by atoms with Crippen LogP contribution in [0.1, 0.15) is 16.8 Å². The van der Waals surface area contributed by atoms with Gasteiger partial charge in [-0.25, -0.2) is 0 Å². The number of ketones is 1. The zero-order valence-corrected chi connectivity index (χ0v) is 17.4. The van der Waals surface area contributed by atoms with Crippen molar-refractivity contribution in [3.05, 3.63) is 71.3 Å². The number of rotatable bonds is 5. The highest BCUT2D eigenvalue weighted by molar-refractivity contribution is 6.30. The predicted octanol–water partition coefficient (Wildman–Crippen LogP) is 4.16. The average molecular weight is 434 g/mol. The van der Waals surface area contributed by atoms with E-state index in [9.17, 15) is 14.4 Å². The van der Waals surface area contributed by atoms with Gasteiger partial charge in [-0.15, -0.1) is 0 Å². The number of ether oxygens (including phenoxy) is 1. The van der Waals surface area contributed by atoms with Crippen LogP contribution in [0.3, 0.4) is 0 Å². The van der Waals surface area contributed by atoms with E-state index >= 15 is 0 Å². The van der Waals surface area contributed by atoms with Crippen molar-refractivity contribution >= 4 is 34.9 Å². The Labute approximate surface area is 184 Å². The molecule has 6 atom stereocenters. The summed E-state index contributed by atoms with van der Waals surface area (Å²) >= 11 is 5.85. The normalized spacial score (nSPS) is 32.1. The van der Waals surface area contributed by atoms with E-state index in [-0.39, 0.29) is 47.9 Å². The Morgan fingerprint density at radius 1 is 0.903 bits per heavy atom. The molecule has 0 radical (unpaired) electrons. The highest BCUT2D eigenvalue weighted by Gasteiger charge is 2.67. The van der Waals surface area contributed by atoms with Gasteiger partial charge >= 0.3 is 0 Å². The lowest BCUT2D eigenvalue weighted by Crippen LogP contribution is -2.40. The van der Waals surface area contributed by atoms with Gasteiger partial charge in [-0.3, -0.25) is 19.3 Å². The zero-order valence-electron chi connectivity index (χ0n) is 16.6. The van der Waals surface area contributed by atoms with E-state index in [0.29, 0.717) is 33.9 Å². The lowest BCUT2D eigenvalue weighted by molar-refractivity contribution is -0.124. The van der Waals surface area contributed by atoms with Crippen molar-refractivity contribution in [2.75, 3.05) is 11.5 Å². The van der Waals surface area contributed by atoms with Crippen LogP contribution in [0, 0.1) is 35.5 Å². The number of carbonyl (C=O) groups is 3. The van der Waals surface area contributed by atoms with Crippen molar-refractivity contribution in [3.8, 4) is 5.75 Å². The molecular formula is C25H20ClNO4. The molecule has 0 unspecified atom stereocenters. The highest BCUT2D eigenvalue weighted by Crippen LogP contribution is 2.65. The molecule has 2 amide bonds. The molecule has 0 spiro atoms. The Morgan fingerprint density at radius 3 is 2.06 bits per heavy atom. The molecule has 0 N–H and O–H groups in total. The summed E-state index contributed by atoms with van der Waals surface area (Å²) in [5.41, 5.74) is 1.09. The molecule has 2 bridgehead atoms. The first-order valence-electron chi connectivity index (χ1n) is 10.6. The van der Waals surface area contributed by atoms with E-state index in [0.717, 1.165) is 6.42 Å². The third kappa shape index (κ3) is 2.87. The number of nitrogens with zero attached hydrogens (tertiary/aromatic N) is 1. The Morgan fingerprint density at radius 2 is 1.48 bits per heavy atom. The molecule has 5 nitrogen and oxygen atoms in total. The summed E-state index contributed by atoms with van der Waals surface area (Å²) in [5.74, 6) is 1.37. The number of halogens is 1. The minimum atomic E-state index is -0.209. The fraction of sp³-hybridized carbons (Fsp3) is 0.320. The maximum absolute atomic E-state index is 13.2. The minimum absolute atomic E-state index is 0.0775. The minimum Gasteiger partial charge on any atom is -0.485 e. The van der Waals surface area contributed by atoms with Gasteiger partial charge in [-0.1, -0.05) is 23.8 Å². The molecule has 2 aromatic carbocycles. The number of imide groups is 1. The summed E-state index contributed by atoms with van der Waals surface area (Å²) in [6.07, 6.45) is 5.49. The van der Waals surface area contributed by atoms with Crippen molar-refractivity contribution < 1.29 is 19.1 Å². The summed E-state index contributed by atoms with van der Waals surface area (Å²) in [5, 5.41) is 0.569. The van der Waals surface area contributed by atoms with Crippen LogP contribution >= 0.6 is 11.6 Å². The summed E-state index contributed by atoms with van der Waals surface area (Å²) in [6.45, 7) is -0.107. The van der Waals surface area contributed by atoms with Gasteiger partial charge in [0, 0.05) is 10.6 Å². The lowest BCUT2D eigenvalue weighted by atomic mass is 9.63. The van der Waals surface area contributed by atoms with Crippen LogP contribution in [-0.4, -0.2) is 24.2 Å². The molecule has 5 aliphatic rings. The average Bonchev–Trinajstić information content (AvgIpc) is 3.56. The van der Waals surface area contributed by atoms with Crippen molar-refractivity contribution in [2.45, 2.75) is 6.42 Å². The second-order valence-electron chi connectivity index (χ2n) is 8.88. The van der Waals surface area contributed by atoms with Gasteiger partial charge < -0.3 is 4.74 Å². The van der Waals surface area contributed by atoms with Crippen molar-refractivity contribution in [1.82, 2.24) is 0 Å². The first-order chi connectivity index (χ1) is 15.0. The first-order valence-corrected chi connectivity index (χ1v) is 11.0. The van der Waals surface area contributed by atoms with E-state index in [1.807, 2.05) is 0 Å². The maximum atomic E-state index is 13.2. The van der Waals surface area contributed by atoms with Crippen LogP contribution in [0.15, 0.2) is 60.7 Å². The van der Waals surface area contributed by atoms with Gasteiger partial charge in [-0.2, -0.15) is 0 Å². The third-order valence-electron chi connectivity index (χ3n) is 7.29. The van der Waals surface area contributed by atoms with E-state index in [1.54, 1.807) is 48.5 Å². The Hall–Kier alpha value is -2.92. The summed E-state index contributed by atoms with van der Waals surface area (Å²) in [4.78, 5) is 40.0. The van der Waals surface area contributed by atoms with Crippen molar-refractivity contribution in [2.24, 2.45) is 35.5 Å². The molecule has 1 aliphatic heterocycles. The fourth-order valence-electron chi connectivity index (χ4n) is 5.77. The van der Waals surface area contributed by atoms with Crippen LogP contribution in [0.4, 0.5) is 5.69 Å². The topological polar surface area (TPSA) is 63.7 Å². The molecule has 2 aromatic rings. The summed E-state index contributed by atoms with van der Waals surface area (Å²) in [7, 11) is 0. The van der Waals surface area contributed by atoms with Crippen LogP contribution in [0.2, 0.25) is 5.02 Å². The molecule has 6 heteroatoms. The number of anilines is 1. The first kappa shape index (κ1) is 18.8. The molecule has 2 saturated carbocycles. The number of amides is 2. The lowest BCUT2D eigenvalue weighted by Gasteiger charge is -2.37. The van der Waals surface area contributed by atoms with Gasteiger partial charge in [0.1, 0.15) is 5.75 Å². The molecule has 7 rings (SSSR count). The molecule has 1 saturated heterocycles. The molecule has 1 heterocycles. The van der Waals surface area contributed by atoms with Crippen LogP contribution in [0.5, 0.6) is 5.75 Å². The molecule has 31 heavy (non-hydrogen) atoms. The predicted molar refractivity (Wildman–Crippen MR) is 115 cm³/mol. The summed E-state index contributed by atoms with van der Waals surface area (Å²) in [6, 6.07) is 13.5. The molecule has 3 fully saturated rings. The van der Waals surface area contributed by atoms with E-state index in [1.165, 1.54) is 4.90 Å². The number of benzene rings is 2.